The summed E-state index contributed by atoms with van der Waals surface area (Å²) in [5.41, 5.74) is 1.69. The van der Waals surface area contributed by atoms with Crippen molar-refractivity contribution in [2.24, 2.45) is 7.05 Å². The van der Waals surface area contributed by atoms with Crippen LogP contribution >= 0.6 is 0 Å². The monoisotopic (exact) mass is 309 g/mol. The molecule has 0 amide bonds. The number of aryl methyl sites for hydroxylation is 1. The summed E-state index contributed by atoms with van der Waals surface area (Å²) in [5.74, 6) is 0. The van der Waals surface area contributed by atoms with E-state index < -0.39 is 10.0 Å². The van der Waals surface area contributed by atoms with Crippen molar-refractivity contribution in [1.29, 1.82) is 0 Å². The molecule has 0 bridgehead atoms. The Bertz CT molecular complexity index is 715. The lowest BCUT2D eigenvalue weighted by atomic mass is 10.4. The van der Waals surface area contributed by atoms with E-state index >= 15 is 0 Å². The van der Waals surface area contributed by atoms with E-state index in [1.54, 1.807) is 30.1 Å². The van der Waals surface area contributed by atoms with E-state index in [0.717, 1.165) is 11.4 Å². The van der Waals surface area contributed by atoms with E-state index in [4.69, 9.17) is 0 Å². The first-order valence-corrected chi connectivity index (χ1v) is 8.40. The third kappa shape index (κ3) is 3.52. The first-order valence-electron chi connectivity index (χ1n) is 6.92. The number of rotatable bonds is 7. The van der Waals surface area contributed by atoms with Gasteiger partial charge in [0.05, 0.1) is 17.1 Å². The van der Waals surface area contributed by atoms with E-state index in [1.165, 1.54) is 19.0 Å². The largest absolute Gasteiger partial charge is 0.363 e. The highest BCUT2D eigenvalue weighted by atomic mass is 32.2. The number of aromatic amines is 1. The highest BCUT2D eigenvalue weighted by Gasteiger charge is 2.21. The van der Waals surface area contributed by atoms with Crippen molar-refractivity contribution in [2.75, 3.05) is 0 Å². The zero-order valence-electron chi connectivity index (χ0n) is 11.8. The normalized spacial score (nSPS) is 15.5. The summed E-state index contributed by atoms with van der Waals surface area (Å²) >= 11 is 0. The Kier molecular flexibility index (Phi) is 3.83. The van der Waals surface area contributed by atoms with Crippen molar-refractivity contribution >= 4 is 10.0 Å². The van der Waals surface area contributed by atoms with Gasteiger partial charge in [-0.2, -0.15) is 5.10 Å². The number of H-pyrrole nitrogens is 1. The SMILES string of the molecule is Cn1nccc1CNS(=O)(=O)c1c[nH]c(CNC2CC2)c1. The molecule has 1 fully saturated rings. The van der Waals surface area contributed by atoms with Gasteiger partial charge in [-0.25, -0.2) is 13.1 Å². The molecule has 0 radical (unpaired) electrons. The molecule has 1 aliphatic rings. The summed E-state index contributed by atoms with van der Waals surface area (Å²) in [4.78, 5) is 3.26. The van der Waals surface area contributed by atoms with Gasteiger partial charge in [0.15, 0.2) is 0 Å². The molecular weight excluding hydrogens is 290 g/mol. The minimum absolute atomic E-state index is 0.222. The molecule has 0 atom stereocenters. The molecule has 0 saturated heterocycles. The van der Waals surface area contributed by atoms with Gasteiger partial charge in [0.2, 0.25) is 10.0 Å². The summed E-state index contributed by atoms with van der Waals surface area (Å²) in [7, 11) is -1.73. The minimum atomic E-state index is -3.51. The van der Waals surface area contributed by atoms with Gasteiger partial charge in [0.1, 0.15) is 0 Å². The van der Waals surface area contributed by atoms with Crippen molar-refractivity contribution in [3.8, 4) is 0 Å². The third-order valence-electron chi connectivity index (χ3n) is 3.55. The number of hydrogen-bond donors (Lipinski definition) is 3. The Labute approximate surface area is 123 Å². The molecule has 3 N–H and O–H groups in total. The average molecular weight is 309 g/mol. The summed E-state index contributed by atoms with van der Waals surface area (Å²) in [6, 6.07) is 4.04. The maximum absolute atomic E-state index is 12.2. The number of nitrogens with one attached hydrogen (secondary N) is 3. The van der Waals surface area contributed by atoms with Crippen molar-refractivity contribution in [1.82, 2.24) is 24.8 Å². The van der Waals surface area contributed by atoms with Crippen molar-refractivity contribution in [3.63, 3.8) is 0 Å². The van der Waals surface area contributed by atoms with Gasteiger partial charge in [-0.3, -0.25) is 4.68 Å². The van der Waals surface area contributed by atoms with Gasteiger partial charge in [0, 0.05) is 37.7 Å². The van der Waals surface area contributed by atoms with E-state index in [9.17, 15) is 8.42 Å². The van der Waals surface area contributed by atoms with Crippen LogP contribution in [-0.4, -0.2) is 29.2 Å². The molecule has 21 heavy (non-hydrogen) atoms. The molecule has 0 unspecified atom stereocenters. The molecular formula is C13H19N5O2S. The fourth-order valence-electron chi connectivity index (χ4n) is 2.04. The lowest BCUT2D eigenvalue weighted by molar-refractivity contribution is 0.577. The van der Waals surface area contributed by atoms with Crippen molar-refractivity contribution in [3.05, 3.63) is 35.9 Å². The molecule has 114 valence electrons. The fraction of sp³-hybridized carbons (Fsp3) is 0.462. The Morgan fingerprint density at radius 1 is 1.43 bits per heavy atom. The number of aromatic nitrogens is 3. The standard InChI is InChI=1S/C13H19N5O2S/c1-18-12(4-5-16-18)8-17-21(19,20)13-6-11(15-9-13)7-14-10-2-3-10/h4-6,9-10,14-15,17H,2-3,7-8H2,1H3. The molecule has 2 heterocycles. The second kappa shape index (κ2) is 5.63. The highest BCUT2D eigenvalue weighted by molar-refractivity contribution is 7.89. The smallest absolute Gasteiger partial charge is 0.242 e. The van der Waals surface area contributed by atoms with Crippen molar-refractivity contribution in [2.45, 2.75) is 36.9 Å². The van der Waals surface area contributed by atoms with Gasteiger partial charge in [-0.15, -0.1) is 0 Å². The first kappa shape index (κ1) is 14.3. The molecule has 0 spiro atoms. The van der Waals surface area contributed by atoms with Gasteiger partial charge in [-0.1, -0.05) is 0 Å². The molecule has 1 saturated carbocycles. The van der Waals surface area contributed by atoms with Crippen LogP contribution in [0.3, 0.4) is 0 Å². The van der Waals surface area contributed by atoms with E-state index in [-0.39, 0.29) is 11.4 Å². The fourth-order valence-corrected chi connectivity index (χ4v) is 3.06. The average Bonchev–Trinajstić information content (AvgIpc) is 2.98. The molecule has 2 aromatic heterocycles. The Balaban J connectivity index is 1.62. The minimum Gasteiger partial charge on any atom is -0.363 e. The lowest BCUT2D eigenvalue weighted by Crippen LogP contribution is -2.24. The Morgan fingerprint density at radius 2 is 2.24 bits per heavy atom. The Hall–Kier alpha value is -1.64. The summed E-state index contributed by atoms with van der Waals surface area (Å²) in [5, 5.41) is 7.35. The molecule has 0 aliphatic heterocycles. The summed E-state index contributed by atoms with van der Waals surface area (Å²) in [6.07, 6.45) is 5.58. The van der Waals surface area contributed by atoms with Crippen LogP contribution < -0.4 is 10.0 Å². The topological polar surface area (TPSA) is 91.8 Å². The predicted octanol–water partition coefficient (Wildman–Crippen LogP) is 0.479. The highest BCUT2D eigenvalue weighted by Crippen LogP contribution is 2.19. The third-order valence-corrected chi connectivity index (χ3v) is 4.93. The quantitative estimate of drug-likeness (QED) is 0.693. The van der Waals surface area contributed by atoms with Crippen LogP contribution in [0.4, 0.5) is 0 Å². The zero-order valence-corrected chi connectivity index (χ0v) is 12.7. The number of hydrogen-bond acceptors (Lipinski definition) is 4. The van der Waals surface area contributed by atoms with Crippen LogP contribution in [0.5, 0.6) is 0 Å². The van der Waals surface area contributed by atoms with Gasteiger partial charge in [0.25, 0.3) is 0 Å². The van der Waals surface area contributed by atoms with Crippen LogP contribution in [0.2, 0.25) is 0 Å². The maximum Gasteiger partial charge on any atom is 0.242 e. The molecule has 3 rings (SSSR count). The van der Waals surface area contributed by atoms with Gasteiger partial charge in [-0.05, 0) is 25.0 Å². The summed E-state index contributed by atoms with van der Waals surface area (Å²) in [6.45, 7) is 0.890. The van der Waals surface area contributed by atoms with E-state index in [0.29, 0.717) is 12.6 Å². The van der Waals surface area contributed by atoms with Gasteiger partial charge < -0.3 is 10.3 Å². The molecule has 7 nitrogen and oxygen atoms in total. The van der Waals surface area contributed by atoms with E-state index in [1.807, 2.05) is 0 Å². The van der Waals surface area contributed by atoms with Crippen LogP contribution in [-0.2, 0) is 30.2 Å². The number of nitrogens with zero attached hydrogens (tertiary/aromatic N) is 2. The first-order chi connectivity index (χ1) is 10.0. The van der Waals surface area contributed by atoms with Crippen LogP contribution in [0.15, 0.2) is 29.4 Å². The lowest BCUT2D eigenvalue weighted by Gasteiger charge is -2.05. The van der Waals surface area contributed by atoms with Gasteiger partial charge >= 0.3 is 0 Å². The molecule has 8 heteroatoms. The Morgan fingerprint density at radius 3 is 2.90 bits per heavy atom. The molecule has 2 aromatic rings. The van der Waals surface area contributed by atoms with Crippen LogP contribution in [0.25, 0.3) is 0 Å². The maximum atomic E-state index is 12.2. The summed E-state index contributed by atoms with van der Waals surface area (Å²) < 4.78 is 28.7. The zero-order chi connectivity index (χ0) is 14.9. The van der Waals surface area contributed by atoms with E-state index in [2.05, 4.69) is 20.1 Å². The van der Waals surface area contributed by atoms with Crippen LogP contribution in [0.1, 0.15) is 24.2 Å². The van der Waals surface area contributed by atoms with Crippen LogP contribution in [0, 0.1) is 0 Å². The second-order valence-corrected chi connectivity index (χ2v) is 7.05. The van der Waals surface area contributed by atoms with Crippen molar-refractivity contribution < 1.29 is 8.42 Å². The second-order valence-electron chi connectivity index (χ2n) is 5.29. The molecule has 0 aromatic carbocycles. The predicted molar refractivity (Wildman–Crippen MR) is 77.9 cm³/mol. The molecule has 1 aliphatic carbocycles. The number of sulfonamides is 1.